The molecule has 20 heavy (non-hydrogen) atoms. The topological polar surface area (TPSA) is 41.8 Å². The predicted octanol–water partition coefficient (Wildman–Crippen LogP) is 4.21. The minimum Gasteiger partial charge on any atom is -0.272 e. The van der Waals surface area contributed by atoms with E-state index < -0.39 is 0 Å². The summed E-state index contributed by atoms with van der Waals surface area (Å²) in [5.74, 6) is 0.773. The minimum absolute atomic E-state index is 0.00741. The van der Waals surface area contributed by atoms with E-state index in [0.717, 1.165) is 41.6 Å². The van der Waals surface area contributed by atoms with Crippen LogP contribution in [0.15, 0.2) is 38.7 Å². The predicted molar refractivity (Wildman–Crippen MR) is 87.3 cm³/mol. The lowest BCUT2D eigenvalue weighted by molar-refractivity contribution is -0.120. The zero-order valence-electron chi connectivity index (χ0n) is 11.0. The van der Waals surface area contributed by atoms with Crippen LogP contribution in [0.5, 0.6) is 0 Å². The molecule has 1 heterocycles. The largest absolute Gasteiger partial charge is 0.272 e. The van der Waals surface area contributed by atoms with Crippen LogP contribution in [0, 0.1) is 5.92 Å². The molecule has 1 aliphatic carbocycles. The van der Waals surface area contributed by atoms with E-state index in [1.165, 1.54) is 5.56 Å². The van der Waals surface area contributed by atoms with Crippen molar-refractivity contribution in [3.63, 3.8) is 0 Å². The number of hydrogen-bond acceptors (Lipinski definition) is 3. The number of thioether (sulfide) groups is 1. The van der Waals surface area contributed by atoms with Crippen molar-refractivity contribution >= 4 is 44.5 Å². The Morgan fingerprint density at radius 2 is 2.00 bits per heavy atom. The number of aliphatic imine (C=N–C) groups is 2. The molecule has 0 spiro atoms. The van der Waals surface area contributed by atoms with Crippen LogP contribution in [-0.2, 0) is 10.5 Å². The molecule has 2 aliphatic rings. The van der Waals surface area contributed by atoms with Crippen molar-refractivity contribution in [2.45, 2.75) is 31.4 Å². The normalized spacial score (nSPS) is 22.1. The molecule has 0 radical (unpaired) electrons. The molecule has 0 bridgehead atoms. The Labute approximate surface area is 131 Å². The van der Waals surface area contributed by atoms with Crippen molar-refractivity contribution in [2.75, 3.05) is 0 Å². The summed E-state index contributed by atoms with van der Waals surface area (Å²) in [6, 6.07) is 8.18. The molecule has 1 amide bonds. The van der Waals surface area contributed by atoms with Crippen LogP contribution < -0.4 is 0 Å². The van der Waals surface area contributed by atoms with Gasteiger partial charge in [-0.1, -0.05) is 46.2 Å². The monoisotopic (exact) mass is 350 g/mol. The molecule has 0 N–H and O–H groups in total. The summed E-state index contributed by atoms with van der Waals surface area (Å²) in [5, 5.41) is 0.631. The fraction of sp³-hybridized carbons (Fsp3) is 0.400. The van der Waals surface area contributed by atoms with Crippen LogP contribution in [0.2, 0.25) is 0 Å². The number of fused-ring (bicyclic) bond motifs is 1. The van der Waals surface area contributed by atoms with Gasteiger partial charge in [-0.2, -0.15) is 4.99 Å². The van der Waals surface area contributed by atoms with Gasteiger partial charge >= 0.3 is 0 Å². The lowest BCUT2D eigenvalue weighted by Crippen LogP contribution is -2.30. The number of amides is 1. The SMILES string of the molecule is O=C1N=C(SCc2ccc(Br)cc2)N=C2CCCCC12. The van der Waals surface area contributed by atoms with Gasteiger partial charge < -0.3 is 0 Å². The molecule has 1 aliphatic heterocycles. The van der Waals surface area contributed by atoms with E-state index in [-0.39, 0.29) is 11.8 Å². The van der Waals surface area contributed by atoms with Gasteiger partial charge in [0.25, 0.3) is 5.91 Å². The van der Waals surface area contributed by atoms with Crippen LogP contribution in [0.3, 0.4) is 0 Å². The van der Waals surface area contributed by atoms with E-state index in [2.05, 4.69) is 38.0 Å². The Morgan fingerprint density at radius 1 is 1.20 bits per heavy atom. The molecule has 0 aromatic heterocycles. The van der Waals surface area contributed by atoms with Crippen LogP contribution >= 0.6 is 27.7 Å². The molecule has 1 fully saturated rings. The summed E-state index contributed by atoms with van der Waals surface area (Å²) in [5.41, 5.74) is 2.26. The number of benzene rings is 1. The van der Waals surface area contributed by atoms with Gasteiger partial charge in [0.1, 0.15) is 0 Å². The standard InChI is InChI=1S/C15H15BrN2OS/c16-11-7-5-10(6-8-11)9-20-15-17-13-4-2-1-3-12(13)14(19)18-15/h5-8,12H,1-4,9H2. The van der Waals surface area contributed by atoms with E-state index in [1.807, 2.05) is 12.1 Å². The first kappa shape index (κ1) is 14.0. The fourth-order valence-corrected chi connectivity index (χ4v) is 3.60. The molecule has 1 aromatic carbocycles. The maximum atomic E-state index is 12.0. The highest BCUT2D eigenvalue weighted by atomic mass is 79.9. The molecule has 1 unspecified atom stereocenters. The number of halogens is 1. The van der Waals surface area contributed by atoms with Gasteiger partial charge in [0.05, 0.1) is 5.92 Å². The van der Waals surface area contributed by atoms with Gasteiger partial charge in [-0.05, 0) is 37.0 Å². The van der Waals surface area contributed by atoms with Gasteiger partial charge in [0.15, 0.2) is 5.17 Å². The quantitative estimate of drug-likeness (QED) is 0.801. The van der Waals surface area contributed by atoms with Gasteiger partial charge in [0, 0.05) is 15.9 Å². The minimum atomic E-state index is -0.0271. The first-order valence-corrected chi connectivity index (χ1v) is 8.57. The zero-order valence-corrected chi connectivity index (χ0v) is 13.4. The van der Waals surface area contributed by atoms with Crippen LogP contribution in [0.4, 0.5) is 0 Å². The lowest BCUT2D eigenvalue weighted by atomic mass is 9.86. The summed E-state index contributed by atoms with van der Waals surface area (Å²) >= 11 is 4.96. The zero-order chi connectivity index (χ0) is 13.9. The van der Waals surface area contributed by atoms with Crippen LogP contribution in [-0.4, -0.2) is 16.8 Å². The summed E-state index contributed by atoms with van der Waals surface area (Å²) in [6.07, 6.45) is 4.14. The second-order valence-corrected chi connectivity index (χ2v) is 6.91. The maximum absolute atomic E-state index is 12.0. The second kappa shape index (κ2) is 6.22. The summed E-state index contributed by atoms with van der Waals surface area (Å²) in [7, 11) is 0. The average molecular weight is 351 g/mol. The Balaban J connectivity index is 1.67. The molecular weight excluding hydrogens is 336 g/mol. The van der Waals surface area contributed by atoms with E-state index >= 15 is 0 Å². The summed E-state index contributed by atoms with van der Waals surface area (Å²) < 4.78 is 1.07. The number of nitrogens with zero attached hydrogens (tertiary/aromatic N) is 2. The highest BCUT2D eigenvalue weighted by Crippen LogP contribution is 2.28. The Hall–Kier alpha value is -0.940. The Kier molecular flexibility index (Phi) is 4.36. The van der Waals surface area contributed by atoms with Crippen molar-refractivity contribution in [1.82, 2.24) is 0 Å². The van der Waals surface area contributed by atoms with E-state index in [4.69, 9.17) is 0 Å². The van der Waals surface area contributed by atoms with Crippen LogP contribution in [0.1, 0.15) is 31.2 Å². The first-order valence-electron chi connectivity index (χ1n) is 6.79. The Bertz CT molecular complexity index is 580. The molecule has 5 heteroatoms. The lowest BCUT2D eigenvalue weighted by Gasteiger charge is -2.24. The van der Waals surface area contributed by atoms with E-state index in [1.54, 1.807) is 11.8 Å². The number of rotatable bonds is 2. The smallest absolute Gasteiger partial charge is 0.256 e. The first-order chi connectivity index (χ1) is 9.72. The van der Waals surface area contributed by atoms with Crippen molar-refractivity contribution in [1.29, 1.82) is 0 Å². The van der Waals surface area contributed by atoms with Crippen molar-refractivity contribution < 1.29 is 4.79 Å². The number of carbonyl (C=O) groups excluding carboxylic acids is 1. The number of hydrogen-bond donors (Lipinski definition) is 0. The third-order valence-corrected chi connectivity index (χ3v) is 5.05. The number of amidine groups is 1. The van der Waals surface area contributed by atoms with E-state index in [9.17, 15) is 4.79 Å². The molecule has 3 nitrogen and oxygen atoms in total. The molecule has 1 saturated carbocycles. The molecule has 0 saturated heterocycles. The van der Waals surface area contributed by atoms with Crippen molar-refractivity contribution in [3.05, 3.63) is 34.3 Å². The average Bonchev–Trinajstić information content (AvgIpc) is 2.47. The molecule has 1 atom stereocenters. The molecule has 3 rings (SSSR count). The highest BCUT2D eigenvalue weighted by Gasteiger charge is 2.30. The summed E-state index contributed by atoms with van der Waals surface area (Å²) in [4.78, 5) is 20.7. The van der Waals surface area contributed by atoms with Crippen LogP contribution in [0.25, 0.3) is 0 Å². The second-order valence-electron chi connectivity index (χ2n) is 5.05. The van der Waals surface area contributed by atoms with E-state index in [0.29, 0.717) is 5.17 Å². The third kappa shape index (κ3) is 3.20. The molecule has 1 aromatic rings. The summed E-state index contributed by atoms with van der Waals surface area (Å²) in [6.45, 7) is 0. The highest BCUT2D eigenvalue weighted by molar-refractivity contribution is 9.10. The number of carbonyl (C=O) groups is 1. The molecule has 104 valence electrons. The van der Waals surface area contributed by atoms with Gasteiger partial charge in [-0.25, -0.2) is 4.99 Å². The van der Waals surface area contributed by atoms with Gasteiger partial charge in [0.2, 0.25) is 0 Å². The van der Waals surface area contributed by atoms with Crippen molar-refractivity contribution in [2.24, 2.45) is 15.9 Å². The van der Waals surface area contributed by atoms with Gasteiger partial charge in [-0.3, -0.25) is 4.79 Å². The maximum Gasteiger partial charge on any atom is 0.256 e. The fourth-order valence-electron chi connectivity index (χ4n) is 2.51. The van der Waals surface area contributed by atoms with Crippen molar-refractivity contribution in [3.8, 4) is 0 Å². The third-order valence-electron chi connectivity index (χ3n) is 3.60. The molecular formula is C15H15BrN2OS. The Morgan fingerprint density at radius 3 is 2.80 bits per heavy atom. The van der Waals surface area contributed by atoms with Gasteiger partial charge in [-0.15, -0.1) is 0 Å².